The molecule has 0 aliphatic rings. The third kappa shape index (κ3) is 3.86. The van der Waals surface area contributed by atoms with E-state index in [0.717, 1.165) is 15.7 Å². The van der Waals surface area contributed by atoms with Crippen molar-refractivity contribution >= 4 is 38.5 Å². The lowest BCUT2D eigenvalue weighted by molar-refractivity contribution is 0.200. The largest absolute Gasteiger partial charge is 0.384 e. The van der Waals surface area contributed by atoms with E-state index in [-0.39, 0.29) is 0 Å². The molecule has 0 radical (unpaired) electrons. The second kappa shape index (κ2) is 5.87. The number of nitrogens with zero attached hydrogens (tertiary/aromatic N) is 2. The standard InChI is InChI=1S/C8H10BrIN2O/c1-13-4-6(9)2-8-7(10)3-11-5-12-8/h3,5-6H,2,4H2,1H3. The minimum absolute atomic E-state index is 0.320. The highest BCUT2D eigenvalue weighted by atomic mass is 127. The Bertz CT molecular complexity index is 272. The summed E-state index contributed by atoms with van der Waals surface area (Å²) in [5.74, 6) is 0. The van der Waals surface area contributed by atoms with Crippen LogP contribution in [0, 0.1) is 3.57 Å². The normalized spacial score (nSPS) is 12.8. The Balaban J connectivity index is 2.58. The van der Waals surface area contributed by atoms with E-state index in [9.17, 15) is 0 Å². The number of ether oxygens (including phenoxy) is 1. The molecule has 1 heterocycles. The molecule has 0 fully saturated rings. The molecule has 1 atom stereocenters. The van der Waals surface area contributed by atoms with Crippen molar-refractivity contribution in [3.05, 3.63) is 21.8 Å². The highest BCUT2D eigenvalue weighted by Gasteiger charge is 2.08. The van der Waals surface area contributed by atoms with Gasteiger partial charge in [-0.1, -0.05) is 15.9 Å². The highest BCUT2D eigenvalue weighted by Crippen LogP contribution is 2.13. The molecule has 0 saturated heterocycles. The van der Waals surface area contributed by atoms with Gasteiger partial charge in [-0.25, -0.2) is 9.97 Å². The van der Waals surface area contributed by atoms with Crippen LogP contribution in [-0.2, 0) is 11.2 Å². The van der Waals surface area contributed by atoms with Crippen molar-refractivity contribution in [2.24, 2.45) is 0 Å². The smallest absolute Gasteiger partial charge is 0.115 e. The van der Waals surface area contributed by atoms with Crippen LogP contribution in [0.2, 0.25) is 0 Å². The van der Waals surface area contributed by atoms with Crippen molar-refractivity contribution in [1.82, 2.24) is 9.97 Å². The molecule has 0 aromatic carbocycles. The van der Waals surface area contributed by atoms with E-state index in [0.29, 0.717) is 11.4 Å². The first-order valence-electron chi connectivity index (χ1n) is 3.81. The van der Waals surface area contributed by atoms with Gasteiger partial charge >= 0.3 is 0 Å². The number of hydrogen-bond donors (Lipinski definition) is 0. The van der Waals surface area contributed by atoms with Crippen molar-refractivity contribution < 1.29 is 4.74 Å². The lowest BCUT2D eigenvalue weighted by atomic mass is 10.2. The first kappa shape index (κ1) is 11.3. The minimum Gasteiger partial charge on any atom is -0.384 e. The van der Waals surface area contributed by atoms with E-state index >= 15 is 0 Å². The lowest BCUT2D eigenvalue weighted by Crippen LogP contribution is -2.12. The summed E-state index contributed by atoms with van der Waals surface area (Å²) >= 11 is 5.76. The summed E-state index contributed by atoms with van der Waals surface area (Å²) < 4.78 is 6.12. The predicted octanol–water partition coefficient (Wildman–Crippen LogP) is 2.03. The molecule has 0 aliphatic heterocycles. The summed E-state index contributed by atoms with van der Waals surface area (Å²) in [6, 6.07) is 0. The lowest BCUT2D eigenvalue weighted by Gasteiger charge is -2.08. The fourth-order valence-electron chi connectivity index (χ4n) is 0.938. The van der Waals surface area contributed by atoms with Gasteiger partial charge in [0.05, 0.1) is 15.9 Å². The van der Waals surface area contributed by atoms with Gasteiger partial charge in [-0.2, -0.15) is 0 Å². The Labute approximate surface area is 99.6 Å². The van der Waals surface area contributed by atoms with E-state index in [2.05, 4.69) is 48.5 Å². The van der Waals surface area contributed by atoms with Crippen LogP contribution in [0.15, 0.2) is 12.5 Å². The zero-order chi connectivity index (χ0) is 9.68. The van der Waals surface area contributed by atoms with E-state index in [1.807, 2.05) is 6.20 Å². The molecule has 0 bridgehead atoms. The molecule has 13 heavy (non-hydrogen) atoms. The summed E-state index contributed by atoms with van der Waals surface area (Å²) in [4.78, 5) is 8.45. The quantitative estimate of drug-likeness (QED) is 0.611. The second-order valence-corrected chi connectivity index (χ2v) is 5.03. The van der Waals surface area contributed by atoms with Gasteiger partial charge in [0, 0.05) is 24.6 Å². The maximum absolute atomic E-state index is 5.02. The van der Waals surface area contributed by atoms with Crippen molar-refractivity contribution in [3.63, 3.8) is 0 Å². The Hall–Kier alpha value is 0.250. The third-order valence-electron chi connectivity index (χ3n) is 1.51. The molecule has 72 valence electrons. The van der Waals surface area contributed by atoms with Crippen LogP contribution in [0.4, 0.5) is 0 Å². The van der Waals surface area contributed by atoms with Crippen LogP contribution in [0.5, 0.6) is 0 Å². The summed E-state index contributed by atoms with van der Waals surface area (Å²) in [6.07, 6.45) is 4.26. The van der Waals surface area contributed by atoms with Crippen molar-refractivity contribution in [2.45, 2.75) is 11.2 Å². The first-order chi connectivity index (χ1) is 6.24. The summed E-state index contributed by atoms with van der Waals surface area (Å²) in [5, 5.41) is 0. The van der Waals surface area contributed by atoms with E-state index in [1.54, 1.807) is 13.4 Å². The number of aromatic nitrogens is 2. The molecular formula is C8H10BrIN2O. The van der Waals surface area contributed by atoms with Crippen molar-refractivity contribution in [3.8, 4) is 0 Å². The number of halogens is 2. The van der Waals surface area contributed by atoms with E-state index in [1.165, 1.54) is 0 Å². The molecule has 1 unspecified atom stereocenters. The Morgan fingerprint density at radius 2 is 2.46 bits per heavy atom. The SMILES string of the molecule is COCC(Br)Cc1ncncc1I. The summed E-state index contributed by atoms with van der Waals surface area (Å²) in [6.45, 7) is 0.695. The van der Waals surface area contributed by atoms with Crippen molar-refractivity contribution in [1.29, 1.82) is 0 Å². The van der Waals surface area contributed by atoms with Gasteiger partial charge in [-0.15, -0.1) is 0 Å². The molecule has 5 heteroatoms. The molecule has 3 nitrogen and oxygen atoms in total. The summed E-state index contributed by atoms with van der Waals surface area (Å²) in [5.41, 5.74) is 1.06. The number of methoxy groups -OCH3 is 1. The number of rotatable bonds is 4. The topological polar surface area (TPSA) is 35.0 Å². The van der Waals surface area contributed by atoms with Crippen LogP contribution in [0.25, 0.3) is 0 Å². The van der Waals surface area contributed by atoms with E-state index in [4.69, 9.17) is 4.74 Å². The minimum atomic E-state index is 0.320. The highest BCUT2D eigenvalue weighted by molar-refractivity contribution is 14.1. The fourth-order valence-corrected chi connectivity index (χ4v) is 2.03. The van der Waals surface area contributed by atoms with Gasteiger partial charge < -0.3 is 4.74 Å². The fraction of sp³-hybridized carbons (Fsp3) is 0.500. The molecule has 0 amide bonds. The van der Waals surface area contributed by atoms with Crippen molar-refractivity contribution in [2.75, 3.05) is 13.7 Å². The molecule has 1 aromatic rings. The third-order valence-corrected chi connectivity index (χ3v) is 3.00. The molecule has 0 N–H and O–H groups in total. The Morgan fingerprint density at radius 1 is 1.69 bits per heavy atom. The number of alkyl halides is 1. The molecule has 1 aromatic heterocycles. The van der Waals surface area contributed by atoms with Crippen LogP contribution < -0.4 is 0 Å². The Kier molecular flexibility index (Phi) is 5.12. The van der Waals surface area contributed by atoms with Gasteiger partial charge in [0.2, 0.25) is 0 Å². The molecule has 0 saturated carbocycles. The Morgan fingerprint density at radius 3 is 3.08 bits per heavy atom. The maximum Gasteiger partial charge on any atom is 0.115 e. The zero-order valence-electron chi connectivity index (χ0n) is 7.20. The molecule has 1 rings (SSSR count). The van der Waals surface area contributed by atoms with Crippen LogP contribution in [-0.4, -0.2) is 28.5 Å². The van der Waals surface area contributed by atoms with Gasteiger partial charge in [-0.05, 0) is 22.6 Å². The molecular weight excluding hydrogens is 347 g/mol. The predicted molar refractivity (Wildman–Crippen MR) is 63.0 cm³/mol. The summed E-state index contributed by atoms with van der Waals surface area (Å²) in [7, 11) is 1.69. The van der Waals surface area contributed by atoms with Crippen LogP contribution >= 0.6 is 38.5 Å². The van der Waals surface area contributed by atoms with Gasteiger partial charge in [0.15, 0.2) is 0 Å². The van der Waals surface area contributed by atoms with Crippen LogP contribution in [0.3, 0.4) is 0 Å². The monoisotopic (exact) mass is 356 g/mol. The number of hydrogen-bond acceptors (Lipinski definition) is 3. The zero-order valence-corrected chi connectivity index (χ0v) is 10.9. The van der Waals surface area contributed by atoms with Gasteiger partial charge in [0.1, 0.15) is 6.33 Å². The van der Waals surface area contributed by atoms with E-state index < -0.39 is 0 Å². The van der Waals surface area contributed by atoms with Gasteiger partial charge in [0.25, 0.3) is 0 Å². The average molecular weight is 357 g/mol. The molecule has 0 spiro atoms. The van der Waals surface area contributed by atoms with Gasteiger partial charge in [-0.3, -0.25) is 0 Å². The molecule has 0 aliphatic carbocycles. The van der Waals surface area contributed by atoms with Crippen LogP contribution in [0.1, 0.15) is 5.69 Å². The first-order valence-corrected chi connectivity index (χ1v) is 5.81. The second-order valence-electron chi connectivity index (χ2n) is 2.57. The maximum atomic E-state index is 5.02. The average Bonchev–Trinajstić information content (AvgIpc) is 2.09.